The summed E-state index contributed by atoms with van der Waals surface area (Å²) in [5.74, 6) is 0.189. The van der Waals surface area contributed by atoms with Crippen molar-refractivity contribution in [3.05, 3.63) is 253 Å². The van der Waals surface area contributed by atoms with E-state index >= 15 is 0 Å². The van der Waals surface area contributed by atoms with Gasteiger partial charge in [-0.1, -0.05) is 170 Å². The maximum absolute atomic E-state index is 13.3. The number of carbonyl (C=O) groups is 2. The second-order valence-electron chi connectivity index (χ2n) is 15.5. The molecule has 0 atom stereocenters. The second-order valence-corrected chi connectivity index (χ2v) is 15.5. The van der Waals surface area contributed by atoms with Crippen molar-refractivity contribution in [1.82, 2.24) is 0 Å². The lowest BCUT2D eigenvalue weighted by Gasteiger charge is -2.29. The molecule has 10 aromatic rings. The van der Waals surface area contributed by atoms with Crippen LogP contribution >= 0.6 is 0 Å². The summed E-state index contributed by atoms with van der Waals surface area (Å²) >= 11 is 0. The first kappa shape index (κ1) is 36.7. The summed E-state index contributed by atoms with van der Waals surface area (Å²) in [6.45, 7) is 0. The zero-order chi connectivity index (χ0) is 41.6. The molecule has 0 bridgehead atoms. The van der Waals surface area contributed by atoms with E-state index in [0.717, 1.165) is 100 Å². The summed E-state index contributed by atoms with van der Waals surface area (Å²) in [6, 6.07) is 78.0. The number of carbonyl (C=O) groups excluding carboxylic acids is 2. The number of nitrogens with zero attached hydrogens (tertiary/aromatic N) is 2. The van der Waals surface area contributed by atoms with Crippen LogP contribution in [-0.4, -0.2) is 11.6 Å². The van der Waals surface area contributed by atoms with Crippen molar-refractivity contribution in [2.45, 2.75) is 0 Å². The van der Waals surface area contributed by atoms with E-state index in [1.165, 1.54) is 0 Å². The monoisotopic (exact) mass is 794 g/mol. The Morgan fingerprint density at radius 2 is 0.516 bits per heavy atom. The van der Waals surface area contributed by atoms with E-state index in [4.69, 9.17) is 0 Å². The maximum atomic E-state index is 13.3. The Morgan fingerprint density at radius 3 is 0.855 bits per heavy atom. The molecule has 62 heavy (non-hydrogen) atoms. The van der Waals surface area contributed by atoms with Gasteiger partial charge in [0.15, 0.2) is 11.6 Å². The van der Waals surface area contributed by atoms with E-state index in [0.29, 0.717) is 0 Å². The van der Waals surface area contributed by atoms with E-state index in [1.807, 2.05) is 97.1 Å². The fourth-order valence-electron chi connectivity index (χ4n) is 9.28. The molecule has 0 spiro atoms. The minimum Gasteiger partial charge on any atom is -0.310 e. The second kappa shape index (κ2) is 15.4. The van der Waals surface area contributed by atoms with E-state index in [9.17, 15) is 9.59 Å². The van der Waals surface area contributed by atoms with Crippen molar-refractivity contribution in [2.24, 2.45) is 0 Å². The largest absolute Gasteiger partial charge is 0.310 e. The minimum absolute atomic E-state index is 0.0943. The highest BCUT2D eigenvalue weighted by atomic mass is 16.1. The zero-order valence-corrected chi connectivity index (χ0v) is 33.7. The predicted molar refractivity (Wildman–Crippen MR) is 255 cm³/mol. The lowest BCUT2D eigenvalue weighted by molar-refractivity contribution is 0.103. The number of anilines is 6. The van der Waals surface area contributed by atoms with Crippen molar-refractivity contribution in [2.75, 3.05) is 9.80 Å². The van der Waals surface area contributed by atoms with Gasteiger partial charge in [0.05, 0.1) is 11.4 Å². The van der Waals surface area contributed by atoms with Crippen LogP contribution in [0.5, 0.6) is 0 Å². The number of benzene rings is 10. The normalized spacial score (nSPS) is 11.9. The Morgan fingerprint density at radius 1 is 0.226 bits per heavy atom. The van der Waals surface area contributed by atoms with Crippen LogP contribution in [0.25, 0.3) is 43.8 Å². The highest BCUT2D eigenvalue weighted by Crippen LogP contribution is 2.47. The first-order valence-electron chi connectivity index (χ1n) is 20.9. The first-order chi connectivity index (χ1) is 30.7. The van der Waals surface area contributed by atoms with E-state index in [1.54, 1.807) is 0 Å². The highest BCUT2D eigenvalue weighted by molar-refractivity contribution is 6.28. The van der Waals surface area contributed by atoms with Gasteiger partial charge in [0, 0.05) is 66.5 Å². The quantitative estimate of drug-likeness (QED) is 0.168. The van der Waals surface area contributed by atoms with Gasteiger partial charge in [0.1, 0.15) is 0 Å². The average molecular weight is 795 g/mol. The van der Waals surface area contributed by atoms with Crippen LogP contribution in [0.3, 0.4) is 0 Å². The van der Waals surface area contributed by atoms with Crippen LogP contribution in [0, 0.1) is 0 Å². The Balaban J connectivity index is 0.000000139. The first-order valence-corrected chi connectivity index (χ1v) is 20.9. The van der Waals surface area contributed by atoms with Crippen molar-refractivity contribution in [3.8, 4) is 22.3 Å². The fraction of sp³-hybridized carbons (Fsp3) is 0. The molecular weight excluding hydrogens is 757 g/mol. The van der Waals surface area contributed by atoms with Gasteiger partial charge in [-0.3, -0.25) is 9.59 Å². The molecule has 0 N–H and O–H groups in total. The molecule has 0 radical (unpaired) electrons. The van der Waals surface area contributed by atoms with Crippen LogP contribution < -0.4 is 9.80 Å². The van der Waals surface area contributed by atoms with Crippen LogP contribution in [0.4, 0.5) is 34.1 Å². The summed E-state index contributed by atoms with van der Waals surface area (Å²) in [7, 11) is 0. The molecule has 292 valence electrons. The molecule has 10 aromatic carbocycles. The van der Waals surface area contributed by atoms with E-state index in [2.05, 4.69) is 143 Å². The zero-order valence-electron chi connectivity index (χ0n) is 33.7. The summed E-state index contributed by atoms with van der Waals surface area (Å²) in [5.41, 5.74) is 13.8. The molecule has 0 aliphatic heterocycles. The van der Waals surface area contributed by atoms with Gasteiger partial charge in [0.2, 0.25) is 0 Å². The van der Waals surface area contributed by atoms with Crippen molar-refractivity contribution < 1.29 is 9.59 Å². The number of ketones is 2. The van der Waals surface area contributed by atoms with Crippen LogP contribution in [0.15, 0.2) is 231 Å². The highest BCUT2D eigenvalue weighted by Gasteiger charge is 2.29. The van der Waals surface area contributed by atoms with Crippen molar-refractivity contribution in [3.63, 3.8) is 0 Å². The van der Waals surface area contributed by atoms with Gasteiger partial charge in [-0.15, -0.1) is 0 Å². The van der Waals surface area contributed by atoms with Gasteiger partial charge in [-0.2, -0.15) is 0 Å². The summed E-state index contributed by atoms with van der Waals surface area (Å²) in [6.07, 6.45) is 0. The third kappa shape index (κ3) is 6.08. The van der Waals surface area contributed by atoms with Crippen molar-refractivity contribution in [1.29, 1.82) is 0 Å². The molecule has 0 unspecified atom stereocenters. The molecular formula is C58H38N2O2. The number of hydrogen-bond donors (Lipinski definition) is 0. The molecule has 2 aliphatic rings. The Labute approximate surface area is 360 Å². The van der Waals surface area contributed by atoms with E-state index < -0.39 is 0 Å². The van der Waals surface area contributed by atoms with Crippen LogP contribution in [0.1, 0.15) is 31.8 Å². The maximum Gasteiger partial charge on any atom is 0.194 e. The summed E-state index contributed by atoms with van der Waals surface area (Å²) in [5, 5.41) is 4.21. The lowest BCUT2D eigenvalue weighted by atomic mass is 9.82. The lowest BCUT2D eigenvalue weighted by Crippen LogP contribution is -2.13. The molecule has 2 aliphatic carbocycles. The third-order valence-corrected chi connectivity index (χ3v) is 12.0. The molecule has 4 nitrogen and oxygen atoms in total. The standard InChI is InChI=1S/2C29H19NO/c2*31-29-24-15-8-7-14-22(24)23-18-19-27(25-16-9-17-26(29)28(23)25)30(20-10-3-1-4-11-20)21-12-5-2-6-13-21/h2*1-19H. The van der Waals surface area contributed by atoms with Gasteiger partial charge < -0.3 is 9.80 Å². The fourth-order valence-corrected chi connectivity index (χ4v) is 9.28. The summed E-state index contributed by atoms with van der Waals surface area (Å²) in [4.78, 5) is 31.1. The molecule has 0 saturated carbocycles. The van der Waals surface area contributed by atoms with Crippen molar-refractivity contribution >= 4 is 67.2 Å². The smallest absolute Gasteiger partial charge is 0.194 e. The third-order valence-electron chi connectivity index (χ3n) is 12.0. The number of fused-ring (bicyclic) bond motifs is 4. The summed E-state index contributed by atoms with van der Waals surface area (Å²) < 4.78 is 0. The van der Waals surface area contributed by atoms with Crippen LogP contribution in [-0.2, 0) is 0 Å². The van der Waals surface area contributed by atoms with Gasteiger partial charge in [0.25, 0.3) is 0 Å². The molecule has 12 rings (SSSR count). The Kier molecular flexibility index (Phi) is 9.10. The molecule has 0 heterocycles. The van der Waals surface area contributed by atoms with Gasteiger partial charge >= 0.3 is 0 Å². The minimum atomic E-state index is 0.0943. The molecule has 0 aromatic heterocycles. The SMILES string of the molecule is O=C1c2ccccc2-c2ccc(N(c3ccccc3)c3ccccc3)c3cccc1c23.O=C1c2ccccc2-c2ccc(N(c3ccccc3)c3ccccc3)c3cccc1c23. The average Bonchev–Trinajstić information content (AvgIpc) is 3.35. The molecule has 0 saturated heterocycles. The number of rotatable bonds is 6. The van der Waals surface area contributed by atoms with E-state index in [-0.39, 0.29) is 11.6 Å². The molecule has 0 fully saturated rings. The number of hydrogen-bond acceptors (Lipinski definition) is 4. The topological polar surface area (TPSA) is 40.6 Å². The predicted octanol–water partition coefficient (Wildman–Crippen LogP) is 15.0. The Hall–Kier alpha value is -8.34. The number of para-hydroxylation sites is 4. The Bertz CT molecular complexity index is 3020. The van der Waals surface area contributed by atoms with Crippen LogP contribution in [0.2, 0.25) is 0 Å². The van der Waals surface area contributed by atoms with Gasteiger partial charge in [-0.05, 0) is 82.9 Å². The molecule has 4 heteroatoms. The van der Waals surface area contributed by atoms with Gasteiger partial charge in [-0.25, -0.2) is 0 Å². The molecule has 0 amide bonds.